The van der Waals surface area contributed by atoms with E-state index in [0.29, 0.717) is 0 Å². The van der Waals surface area contributed by atoms with Gasteiger partial charge in [0, 0.05) is 37.6 Å². The second-order valence-electron chi connectivity index (χ2n) is 12.9. The zero-order valence-corrected chi connectivity index (χ0v) is 28.5. The van der Waals surface area contributed by atoms with Gasteiger partial charge in [-0.25, -0.2) is 0 Å². The Bertz CT molecular complexity index is 2830. The Morgan fingerprint density at radius 3 is 1.61 bits per heavy atom. The van der Waals surface area contributed by atoms with Crippen LogP contribution < -0.4 is 4.90 Å². The highest BCUT2D eigenvalue weighted by Gasteiger charge is 2.20. The predicted molar refractivity (Wildman–Crippen MR) is 218 cm³/mol. The molecule has 10 rings (SSSR count). The summed E-state index contributed by atoms with van der Waals surface area (Å²) < 4.78 is 8.69. The van der Waals surface area contributed by atoms with Gasteiger partial charge >= 0.3 is 0 Å². The van der Waals surface area contributed by atoms with Crippen LogP contribution in [-0.2, 0) is 0 Å². The SMILES string of the molecule is c1ccc(-c2ccc(N(c3ccc(-c4ccc5oc6ccccc6c5c4)cc3)c3cccc4c3sc3c(-c5ccccc5)cccc34)cc2)cc1. The van der Waals surface area contributed by atoms with E-state index < -0.39 is 0 Å². The van der Waals surface area contributed by atoms with Gasteiger partial charge in [0.05, 0.1) is 10.4 Å². The molecule has 0 amide bonds. The van der Waals surface area contributed by atoms with Crippen LogP contribution in [0.4, 0.5) is 17.1 Å². The molecule has 2 nitrogen and oxygen atoms in total. The maximum Gasteiger partial charge on any atom is 0.135 e. The fraction of sp³-hybridized carbons (Fsp3) is 0. The van der Waals surface area contributed by atoms with E-state index in [4.69, 9.17) is 4.42 Å². The summed E-state index contributed by atoms with van der Waals surface area (Å²) in [7, 11) is 0. The molecule has 0 N–H and O–H groups in total. The Morgan fingerprint density at radius 2 is 0.882 bits per heavy atom. The van der Waals surface area contributed by atoms with E-state index in [0.717, 1.165) is 38.9 Å². The fourth-order valence-corrected chi connectivity index (χ4v) is 8.74. The molecule has 0 saturated carbocycles. The molecule has 0 aliphatic carbocycles. The van der Waals surface area contributed by atoms with E-state index in [2.05, 4.69) is 181 Å². The van der Waals surface area contributed by atoms with Gasteiger partial charge in [-0.2, -0.15) is 0 Å². The first-order valence-electron chi connectivity index (χ1n) is 17.3. The Morgan fingerprint density at radius 1 is 0.353 bits per heavy atom. The fourth-order valence-electron chi connectivity index (χ4n) is 7.40. The van der Waals surface area contributed by atoms with Crippen LogP contribution in [0, 0.1) is 0 Å². The molecule has 0 atom stereocenters. The second-order valence-corrected chi connectivity index (χ2v) is 13.9. The molecule has 3 heteroatoms. The average Bonchev–Trinajstić information content (AvgIpc) is 3.78. The summed E-state index contributed by atoms with van der Waals surface area (Å²) in [5.74, 6) is 0. The number of benzene rings is 8. The van der Waals surface area contributed by atoms with Gasteiger partial charge in [0.2, 0.25) is 0 Å². The standard InChI is InChI=1S/C48H31NOS/c1-3-11-32(12-4-1)33-21-26-37(27-22-33)49(38-28-23-34(24-29-38)36-25-30-46-43(31-36)40-15-7-8-20-45(40)50-46)44-19-10-18-42-41-17-9-16-39(47(41)51-48(42)44)35-13-5-2-6-14-35/h1-31H. The predicted octanol–water partition coefficient (Wildman–Crippen LogP) is 14.4. The van der Waals surface area contributed by atoms with Crippen molar-refractivity contribution < 1.29 is 4.42 Å². The average molecular weight is 670 g/mol. The molecule has 51 heavy (non-hydrogen) atoms. The zero-order valence-electron chi connectivity index (χ0n) is 27.7. The molecule has 0 aliphatic heterocycles. The van der Waals surface area contributed by atoms with Crippen LogP contribution in [0.3, 0.4) is 0 Å². The van der Waals surface area contributed by atoms with Gasteiger partial charge in [0.25, 0.3) is 0 Å². The van der Waals surface area contributed by atoms with Gasteiger partial charge in [-0.3, -0.25) is 0 Å². The van der Waals surface area contributed by atoms with Crippen molar-refractivity contribution in [1.82, 2.24) is 0 Å². The molecule has 8 aromatic carbocycles. The molecule has 0 fully saturated rings. The minimum absolute atomic E-state index is 0.911. The summed E-state index contributed by atoms with van der Waals surface area (Å²) in [5, 5.41) is 4.84. The van der Waals surface area contributed by atoms with Crippen molar-refractivity contribution in [2.24, 2.45) is 0 Å². The smallest absolute Gasteiger partial charge is 0.135 e. The molecule has 0 unspecified atom stereocenters. The summed E-state index contributed by atoms with van der Waals surface area (Å²) in [6, 6.07) is 67.4. The molecule has 10 aromatic rings. The third-order valence-corrected chi connectivity index (χ3v) is 11.2. The lowest BCUT2D eigenvalue weighted by atomic mass is 10.0. The summed E-state index contributed by atoms with van der Waals surface area (Å²) >= 11 is 1.88. The van der Waals surface area contributed by atoms with Crippen LogP contribution in [0.1, 0.15) is 0 Å². The molecule has 2 aromatic heterocycles. The minimum atomic E-state index is 0.911. The van der Waals surface area contributed by atoms with Crippen LogP contribution in [0.25, 0.3) is 75.5 Å². The molecule has 0 saturated heterocycles. The maximum atomic E-state index is 6.11. The number of furan rings is 1. The summed E-state index contributed by atoms with van der Waals surface area (Å²) in [4.78, 5) is 2.41. The van der Waals surface area contributed by atoms with Gasteiger partial charge in [-0.15, -0.1) is 11.3 Å². The molecule has 240 valence electrons. The van der Waals surface area contributed by atoms with Crippen molar-refractivity contribution in [3.8, 4) is 33.4 Å². The third kappa shape index (κ3) is 5.10. The zero-order chi connectivity index (χ0) is 33.7. The van der Waals surface area contributed by atoms with E-state index in [-0.39, 0.29) is 0 Å². The molecule has 0 radical (unpaired) electrons. The van der Waals surface area contributed by atoms with Crippen LogP contribution in [0.15, 0.2) is 192 Å². The highest BCUT2D eigenvalue weighted by atomic mass is 32.1. The van der Waals surface area contributed by atoms with Crippen molar-refractivity contribution in [3.63, 3.8) is 0 Å². The summed E-state index contributed by atoms with van der Waals surface area (Å²) in [6.45, 7) is 0. The van der Waals surface area contributed by atoms with Crippen molar-refractivity contribution in [3.05, 3.63) is 188 Å². The molecule has 2 heterocycles. The topological polar surface area (TPSA) is 16.4 Å². The Kier molecular flexibility index (Phi) is 7.04. The molecule has 0 spiro atoms. The van der Waals surface area contributed by atoms with Crippen LogP contribution in [0.5, 0.6) is 0 Å². The van der Waals surface area contributed by atoms with E-state index >= 15 is 0 Å². The quantitative estimate of drug-likeness (QED) is 0.175. The highest BCUT2D eigenvalue weighted by molar-refractivity contribution is 7.27. The van der Waals surface area contributed by atoms with Gasteiger partial charge in [0.15, 0.2) is 0 Å². The van der Waals surface area contributed by atoms with Crippen LogP contribution in [0.2, 0.25) is 0 Å². The van der Waals surface area contributed by atoms with E-state index in [1.807, 2.05) is 23.5 Å². The largest absolute Gasteiger partial charge is 0.456 e. The first-order chi connectivity index (χ1) is 25.3. The van der Waals surface area contributed by atoms with E-state index in [1.54, 1.807) is 0 Å². The first-order valence-corrected chi connectivity index (χ1v) is 18.1. The van der Waals surface area contributed by atoms with Gasteiger partial charge in [-0.05, 0) is 81.9 Å². The van der Waals surface area contributed by atoms with E-state index in [9.17, 15) is 0 Å². The van der Waals surface area contributed by atoms with Crippen LogP contribution >= 0.6 is 11.3 Å². The Labute approximate surface area is 300 Å². The van der Waals surface area contributed by atoms with Crippen LogP contribution in [-0.4, -0.2) is 0 Å². The number of hydrogen-bond acceptors (Lipinski definition) is 3. The Balaban J connectivity index is 1.12. The molecular weight excluding hydrogens is 639 g/mol. The highest BCUT2D eigenvalue weighted by Crippen LogP contribution is 2.47. The van der Waals surface area contributed by atoms with Crippen molar-refractivity contribution in [1.29, 1.82) is 0 Å². The lowest BCUT2D eigenvalue weighted by Gasteiger charge is -2.26. The number of fused-ring (bicyclic) bond motifs is 6. The summed E-state index contributed by atoms with van der Waals surface area (Å²) in [6.07, 6.45) is 0. The number of thiophene rings is 1. The van der Waals surface area contributed by atoms with Gasteiger partial charge in [0.1, 0.15) is 11.2 Å². The van der Waals surface area contributed by atoms with E-state index in [1.165, 1.54) is 53.7 Å². The molecular formula is C48H31NOS. The maximum absolute atomic E-state index is 6.11. The first kappa shape index (κ1) is 29.5. The normalized spacial score (nSPS) is 11.5. The Hall–Kier alpha value is -6.42. The minimum Gasteiger partial charge on any atom is -0.456 e. The lowest BCUT2D eigenvalue weighted by molar-refractivity contribution is 0.669. The van der Waals surface area contributed by atoms with Gasteiger partial charge < -0.3 is 9.32 Å². The monoisotopic (exact) mass is 669 g/mol. The molecule has 0 aliphatic rings. The summed E-state index contributed by atoms with van der Waals surface area (Å²) in [5.41, 5.74) is 12.5. The number of anilines is 3. The third-order valence-electron chi connectivity index (χ3n) is 9.90. The van der Waals surface area contributed by atoms with Crippen molar-refractivity contribution >= 4 is 70.5 Å². The lowest BCUT2D eigenvalue weighted by Crippen LogP contribution is -2.10. The van der Waals surface area contributed by atoms with Gasteiger partial charge in [-0.1, -0.05) is 140 Å². The van der Waals surface area contributed by atoms with Crippen molar-refractivity contribution in [2.45, 2.75) is 0 Å². The second kappa shape index (κ2) is 12.2. The number of para-hydroxylation sites is 1. The van der Waals surface area contributed by atoms with Crippen molar-refractivity contribution in [2.75, 3.05) is 4.90 Å². The number of nitrogens with zero attached hydrogens (tertiary/aromatic N) is 1. The number of hydrogen-bond donors (Lipinski definition) is 0. The molecule has 0 bridgehead atoms. The number of rotatable bonds is 6.